The zero-order valence-electron chi connectivity index (χ0n) is 20.3. The van der Waals surface area contributed by atoms with E-state index in [-0.39, 0.29) is 39.4 Å². The van der Waals surface area contributed by atoms with Crippen LogP contribution in [0.3, 0.4) is 0 Å². The van der Waals surface area contributed by atoms with Crippen LogP contribution < -0.4 is 22.1 Å². The number of H-pyrrole nitrogens is 1. The summed E-state index contributed by atoms with van der Waals surface area (Å²) in [5, 5.41) is 2.80. The van der Waals surface area contributed by atoms with E-state index in [1.165, 1.54) is 50.8 Å². The van der Waals surface area contributed by atoms with E-state index < -0.39 is 32.6 Å². The molecule has 2 N–H and O–H groups in total. The Labute approximate surface area is 224 Å². The summed E-state index contributed by atoms with van der Waals surface area (Å²) in [6.07, 6.45) is 0. The van der Waals surface area contributed by atoms with Crippen LogP contribution in [0.5, 0.6) is 0 Å². The number of hydrogen-bond acceptors (Lipinski definition) is 6. The molecule has 0 unspecified atom stereocenters. The minimum Gasteiger partial charge on any atom is -0.338 e. The summed E-state index contributed by atoms with van der Waals surface area (Å²) in [5.41, 5.74) is -1.26. The maximum Gasteiger partial charge on any atom is 0.333 e. The van der Waals surface area contributed by atoms with Crippen molar-refractivity contribution >= 4 is 55.0 Å². The fourth-order valence-electron chi connectivity index (χ4n) is 3.97. The van der Waals surface area contributed by atoms with Crippen LogP contribution in [-0.4, -0.2) is 40.9 Å². The molecule has 4 aromatic rings. The van der Waals surface area contributed by atoms with Gasteiger partial charge in [0.15, 0.2) is 0 Å². The van der Waals surface area contributed by atoms with Crippen LogP contribution in [-0.2, 0) is 22.8 Å². The number of aryl methyl sites for hydroxylation is 1. The predicted octanol–water partition coefficient (Wildman–Crippen LogP) is 2.56. The molecule has 2 heterocycles. The van der Waals surface area contributed by atoms with Crippen molar-refractivity contribution in [1.29, 1.82) is 0 Å². The SMILES string of the molecule is Cc1c(=O)n(C)c(Nc2ccc(I)cc2F)c2c(=O)[nH]c(=O)n(-c3cccc(CS(=O)(=O)N(C)C)c3)c12. The quantitative estimate of drug-likeness (QED) is 0.313. The molecule has 0 aliphatic heterocycles. The molecular formula is C24H23FIN5O5S. The number of fused-ring (bicyclic) bond motifs is 1. The van der Waals surface area contributed by atoms with Gasteiger partial charge >= 0.3 is 5.69 Å². The second-order valence-corrected chi connectivity index (χ2v) is 12.0. The molecule has 0 bridgehead atoms. The lowest BCUT2D eigenvalue weighted by Crippen LogP contribution is -2.34. The number of aromatic nitrogens is 3. The molecule has 10 nitrogen and oxygen atoms in total. The minimum atomic E-state index is -3.59. The number of benzene rings is 2. The van der Waals surface area contributed by atoms with Gasteiger partial charge in [0.25, 0.3) is 11.1 Å². The summed E-state index contributed by atoms with van der Waals surface area (Å²) in [4.78, 5) is 41.6. The van der Waals surface area contributed by atoms with E-state index in [0.717, 1.165) is 8.87 Å². The number of pyridine rings is 1. The van der Waals surface area contributed by atoms with Crippen LogP contribution in [0.1, 0.15) is 11.1 Å². The molecule has 0 saturated heterocycles. The summed E-state index contributed by atoms with van der Waals surface area (Å²) in [6, 6.07) is 10.7. The maximum absolute atomic E-state index is 14.6. The Morgan fingerprint density at radius 1 is 1.11 bits per heavy atom. The van der Waals surface area contributed by atoms with Crippen molar-refractivity contribution in [2.45, 2.75) is 12.7 Å². The second kappa shape index (κ2) is 9.87. The van der Waals surface area contributed by atoms with E-state index in [0.29, 0.717) is 9.13 Å². The van der Waals surface area contributed by atoms with Gasteiger partial charge in [-0.2, -0.15) is 0 Å². The Bertz CT molecular complexity index is 1840. The molecule has 0 amide bonds. The van der Waals surface area contributed by atoms with Crippen molar-refractivity contribution in [2.75, 3.05) is 19.4 Å². The van der Waals surface area contributed by atoms with Crippen LogP contribution in [0, 0.1) is 16.3 Å². The highest BCUT2D eigenvalue weighted by Gasteiger charge is 2.22. The third kappa shape index (κ3) is 4.98. The van der Waals surface area contributed by atoms with Crippen molar-refractivity contribution in [3.05, 3.63) is 94.2 Å². The molecule has 0 atom stereocenters. The van der Waals surface area contributed by atoms with Gasteiger partial charge in [-0.05, 0) is 65.4 Å². The van der Waals surface area contributed by atoms with Crippen molar-refractivity contribution in [3.63, 3.8) is 0 Å². The highest BCUT2D eigenvalue weighted by Crippen LogP contribution is 2.27. The number of anilines is 2. The fourth-order valence-corrected chi connectivity index (χ4v) is 5.28. The first-order chi connectivity index (χ1) is 17.3. The van der Waals surface area contributed by atoms with E-state index in [4.69, 9.17) is 0 Å². The third-order valence-corrected chi connectivity index (χ3v) is 8.40. The number of nitrogens with zero attached hydrogens (tertiary/aromatic N) is 3. The van der Waals surface area contributed by atoms with Crippen molar-refractivity contribution in [1.82, 2.24) is 18.4 Å². The summed E-state index contributed by atoms with van der Waals surface area (Å²) in [5.74, 6) is -0.913. The van der Waals surface area contributed by atoms with Crippen LogP contribution in [0.15, 0.2) is 56.8 Å². The van der Waals surface area contributed by atoms with Crippen LogP contribution in [0.2, 0.25) is 0 Å². The average Bonchev–Trinajstić information content (AvgIpc) is 2.81. The largest absolute Gasteiger partial charge is 0.338 e. The molecule has 37 heavy (non-hydrogen) atoms. The molecule has 0 saturated carbocycles. The molecule has 0 aliphatic carbocycles. The van der Waals surface area contributed by atoms with Gasteiger partial charge in [-0.25, -0.2) is 21.9 Å². The summed E-state index contributed by atoms with van der Waals surface area (Å²) >= 11 is 1.96. The van der Waals surface area contributed by atoms with Gasteiger partial charge in [0, 0.05) is 30.3 Å². The lowest BCUT2D eigenvalue weighted by Gasteiger charge is -2.19. The van der Waals surface area contributed by atoms with Crippen molar-refractivity contribution in [3.8, 4) is 5.69 Å². The summed E-state index contributed by atoms with van der Waals surface area (Å²) < 4.78 is 43.5. The number of rotatable bonds is 6. The Kier molecular flexibility index (Phi) is 7.14. The Morgan fingerprint density at radius 2 is 1.81 bits per heavy atom. The maximum atomic E-state index is 14.6. The molecule has 4 rings (SSSR count). The monoisotopic (exact) mass is 639 g/mol. The van der Waals surface area contributed by atoms with E-state index in [2.05, 4.69) is 10.3 Å². The molecule has 0 aliphatic rings. The van der Waals surface area contributed by atoms with Gasteiger partial charge in [-0.15, -0.1) is 0 Å². The van der Waals surface area contributed by atoms with Crippen LogP contribution in [0.4, 0.5) is 15.9 Å². The number of nitrogens with one attached hydrogen (secondary N) is 2. The molecule has 2 aromatic carbocycles. The standard InChI is InChI=1S/C24H23FIN5O5S/c1-13-20-19(21(30(4)23(13)33)27-18-9-8-15(26)11-17(18)25)22(32)28-24(34)31(20)16-7-5-6-14(10-16)12-37(35,36)29(2)3/h5-11,27H,12H2,1-4H3,(H,28,32,34). The van der Waals surface area contributed by atoms with Crippen LogP contribution >= 0.6 is 22.6 Å². The fraction of sp³-hybridized carbons (Fsp3) is 0.208. The molecule has 0 fully saturated rings. The van der Waals surface area contributed by atoms with Gasteiger partial charge < -0.3 is 5.32 Å². The van der Waals surface area contributed by atoms with E-state index in [1.54, 1.807) is 24.3 Å². The molecule has 0 radical (unpaired) electrons. The minimum absolute atomic E-state index is 0.00736. The van der Waals surface area contributed by atoms with E-state index in [1.807, 2.05) is 22.6 Å². The molecule has 2 aromatic heterocycles. The first kappa shape index (κ1) is 26.8. The molecule has 0 spiro atoms. The van der Waals surface area contributed by atoms with Crippen molar-refractivity contribution < 1.29 is 12.8 Å². The first-order valence-electron chi connectivity index (χ1n) is 10.9. The number of halogens is 2. The van der Waals surface area contributed by atoms with E-state index in [9.17, 15) is 27.2 Å². The Hall–Kier alpha value is -3.30. The average molecular weight is 639 g/mol. The highest BCUT2D eigenvalue weighted by molar-refractivity contribution is 14.1. The summed E-state index contributed by atoms with van der Waals surface area (Å²) in [7, 11) is 0.684. The van der Waals surface area contributed by atoms with Crippen LogP contribution in [0.25, 0.3) is 16.6 Å². The lowest BCUT2D eigenvalue weighted by molar-refractivity contribution is 0.519. The number of sulfonamides is 1. The molecule has 194 valence electrons. The zero-order chi connectivity index (χ0) is 27.2. The Morgan fingerprint density at radius 3 is 2.46 bits per heavy atom. The van der Waals surface area contributed by atoms with Gasteiger partial charge in [0.1, 0.15) is 17.0 Å². The van der Waals surface area contributed by atoms with Gasteiger partial charge in [0.2, 0.25) is 10.0 Å². The summed E-state index contributed by atoms with van der Waals surface area (Å²) in [6.45, 7) is 1.48. The lowest BCUT2D eigenvalue weighted by atomic mass is 10.1. The highest BCUT2D eigenvalue weighted by atomic mass is 127. The van der Waals surface area contributed by atoms with Gasteiger partial charge in [-0.1, -0.05) is 12.1 Å². The normalized spacial score (nSPS) is 11.9. The smallest absolute Gasteiger partial charge is 0.333 e. The van der Waals surface area contributed by atoms with Crippen molar-refractivity contribution in [2.24, 2.45) is 7.05 Å². The molecule has 13 heteroatoms. The predicted molar refractivity (Wildman–Crippen MR) is 149 cm³/mol. The van der Waals surface area contributed by atoms with Gasteiger partial charge in [0.05, 0.1) is 22.6 Å². The number of hydrogen-bond donors (Lipinski definition) is 2. The second-order valence-electron chi connectivity index (χ2n) is 8.61. The van der Waals surface area contributed by atoms with E-state index >= 15 is 0 Å². The number of aromatic amines is 1. The third-order valence-electron chi connectivity index (χ3n) is 5.92. The van der Waals surface area contributed by atoms with Gasteiger partial charge in [-0.3, -0.25) is 23.7 Å². The molecular weight excluding hydrogens is 616 g/mol. The zero-order valence-corrected chi connectivity index (χ0v) is 23.3. The first-order valence-corrected chi connectivity index (χ1v) is 13.6. The topological polar surface area (TPSA) is 126 Å². The Balaban J connectivity index is 2.03.